The van der Waals surface area contributed by atoms with Crippen LogP contribution >= 0.6 is 11.3 Å². The fourth-order valence-electron chi connectivity index (χ4n) is 3.63. The van der Waals surface area contributed by atoms with Gasteiger partial charge in [-0.1, -0.05) is 18.2 Å². The maximum atomic E-state index is 13.1. The number of carbonyl (C=O) groups is 2. The average molecular weight is 410 g/mol. The fraction of sp³-hybridized carbons (Fsp3) is 0.318. The second-order valence-corrected chi connectivity index (χ2v) is 8.10. The minimum absolute atomic E-state index is 0.0247. The molecule has 2 heterocycles. The van der Waals surface area contributed by atoms with Crippen LogP contribution in [0.4, 0.5) is 10.5 Å². The van der Waals surface area contributed by atoms with Crippen molar-refractivity contribution in [2.24, 2.45) is 0 Å². The van der Waals surface area contributed by atoms with Gasteiger partial charge in [0.25, 0.3) is 5.91 Å². The van der Waals surface area contributed by atoms with Crippen LogP contribution < -0.4 is 5.32 Å². The average Bonchev–Trinajstić information content (AvgIpc) is 3.18. The normalized spacial score (nSPS) is 16.6. The molecule has 1 N–H and O–H groups in total. The lowest BCUT2D eigenvalue weighted by molar-refractivity contribution is 0.0707. The Morgan fingerprint density at radius 3 is 2.93 bits per heavy atom. The molecule has 3 aromatic rings. The summed E-state index contributed by atoms with van der Waals surface area (Å²) < 4.78 is 6.08. The van der Waals surface area contributed by atoms with Crippen LogP contribution in [0, 0.1) is 0 Å². The predicted octanol–water partition coefficient (Wildman–Crippen LogP) is 4.88. The number of aromatic nitrogens is 1. The van der Waals surface area contributed by atoms with Crippen molar-refractivity contribution in [2.75, 3.05) is 25.0 Å². The van der Waals surface area contributed by atoms with E-state index in [0.29, 0.717) is 24.4 Å². The zero-order valence-electron chi connectivity index (χ0n) is 16.3. The summed E-state index contributed by atoms with van der Waals surface area (Å²) in [6, 6.07) is 15.1. The van der Waals surface area contributed by atoms with Crippen LogP contribution in [0.25, 0.3) is 10.2 Å². The Hall–Kier alpha value is -2.93. The number of likely N-dealkylation sites (tertiary alicyclic amines) is 1. The number of hydrogen-bond donors (Lipinski definition) is 1. The van der Waals surface area contributed by atoms with Crippen molar-refractivity contribution < 1.29 is 14.3 Å². The second-order valence-electron chi connectivity index (χ2n) is 7.04. The second kappa shape index (κ2) is 8.61. The van der Waals surface area contributed by atoms with Crippen molar-refractivity contribution in [1.82, 2.24) is 9.88 Å². The Balaban J connectivity index is 1.48. The Bertz CT molecular complexity index is 1000. The lowest BCUT2D eigenvalue weighted by Gasteiger charge is -2.32. The van der Waals surface area contributed by atoms with Gasteiger partial charge >= 0.3 is 6.09 Å². The maximum Gasteiger partial charge on any atom is 0.411 e. The van der Waals surface area contributed by atoms with Gasteiger partial charge in [-0.2, -0.15) is 0 Å². The van der Waals surface area contributed by atoms with Crippen LogP contribution in [-0.2, 0) is 4.74 Å². The molecule has 0 spiro atoms. The summed E-state index contributed by atoms with van der Waals surface area (Å²) in [5.41, 5.74) is 2.13. The first-order chi connectivity index (χ1) is 14.1. The van der Waals surface area contributed by atoms with Crippen molar-refractivity contribution in [2.45, 2.75) is 25.7 Å². The molecule has 1 aliphatic heterocycles. The smallest absolute Gasteiger partial charge is 0.411 e. The quantitative estimate of drug-likeness (QED) is 0.666. The Labute approximate surface area is 173 Å². The highest BCUT2D eigenvalue weighted by Crippen LogP contribution is 2.33. The highest BCUT2D eigenvalue weighted by molar-refractivity contribution is 7.18. The van der Waals surface area contributed by atoms with Crippen molar-refractivity contribution in [3.8, 4) is 0 Å². The number of nitrogens with one attached hydrogen (secondary N) is 1. The molecule has 7 heteroatoms. The highest BCUT2D eigenvalue weighted by atomic mass is 32.1. The Morgan fingerprint density at radius 1 is 1.24 bits per heavy atom. The maximum absolute atomic E-state index is 13.1. The Kier molecular flexibility index (Phi) is 5.76. The van der Waals surface area contributed by atoms with Crippen molar-refractivity contribution in [3.63, 3.8) is 0 Å². The molecule has 150 valence electrons. The van der Waals surface area contributed by atoms with E-state index in [2.05, 4.69) is 11.4 Å². The molecule has 2 amide bonds. The van der Waals surface area contributed by atoms with Gasteiger partial charge in [-0.15, -0.1) is 11.3 Å². The van der Waals surface area contributed by atoms with Gasteiger partial charge in [0.15, 0.2) is 0 Å². The van der Waals surface area contributed by atoms with Crippen LogP contribution in [-0.4, -0.2) is 41.6 Å². The molecule has 0 bridgehead atoms. The number of piperidine rings is 1. The van der Waals surface area contributed by atoms with E-state index in [1.165, 1.54) is 4.70 Å². The zero-order valence-corrected chi connectivity index (χ0v) is 17.1. The standard InChI is InChI=1S/C22H23N3O3S/c1-2-28-22(27)23-17-9-5-7-15(13-17)21(26)25-12-6-8-16(14-25)20-24-18-10-3-4-11-19(18)29-20/h3-5,7,9-11,13,16H,2,6,8,12,14H2,1H3,(H,23,27)/t16-/m0/s1. The number of anilines is 1. The summed E-state index contributed by atoms with van der Waals surface area (Å²) in [5, 5.41) is 3.75. The first kappa shape index (κ1) is 19.4. The van der Waals surface area contributed by atoms with Gasteiger partial charge in [0, 0.05) is 30.3 Å². The van der Waals surface area contributed by atoms with E-state index in [9.17, 15) is 9.59 Å². The molecule has 4 rings (SSSR count). The molecular formula is C22H23N3O3S. The third-order valence-corrected chi connectivity index (χ3v) is 6.20. The first-order valence-corrected chi connectivity index (χ1v) is 10.6. The highest BCUT2D eigenvalue weighted by Gasteiger charge is 2.27. The number of carbonyl (C=O) groups excluding carboxylic acids is 2. The summed E-state index contributed by atoms with van der Waals surface area (Å²) in [5.74, 6) is 0.231. The summed E-state index contributed by atoms with van der Waals surface area (Å²) >= 11 is 1.72. The van der Waals surface area contributed by atoms with Crippen LogP contribution in [0.5, 0.6) is 0 Å². The number of benzene rings is 2. The largest absolute Gasteiger partial charge is 0.450 e. The first-order valence-electron chi connectivity index (χ1n) is 9.82. The van der Waals surface area contributed by atoms with E-state index in [1.807, 2.05) is 23.1 Å². The third kappa shape index (κ3) is 4.40. The van der Waals surface area contributed by atoms with Crippen molar-refractivity contribution in [1.29, 1.82) is 0 Å². The molecule has 0 saturated carbocycles. The molecular weight excluding hydrogens is 386 g/mol. The SMILES string of the molecule is CCOC(=O)Nc1cccc(C(=O)N2CCC[C@H](c3nc4ccccc4s3)C2)c1. The van der Waals surface area contributed by atoms with E-state index in [4.69, 9.17) is 9.72 Å². The number of nitrogens with zero attached hydrogens (tertiary/aromatic N) is 2. The van der Waals surface area contributed by atoms with Gasteiger partial charge in [0.05, 0.1) is 21.8 Å². The van der Waals surface area contributed by atoms with E-state index < -0.39 is 6.09 Å². The summed E-state index contributed by atoms with van der Waals surface area (Å²) in [6.45, 7) is 3.44. The molecule has 0 aliphatic carbocycles. The third-order valence-electron chi connectivity index (χ3n) is 5.00. The predicted molar refractivity (Wildman–Crippen MR) is 115 cm³/mol. The minimum Gasteiger partial charge on any atom is -0.450 e. The molecule has 0 radical (unpaired) electrons. The Morgan fingerprint density at radius 2 is 2.10 bits per heavy atom. The monoisotopic (exact) mass is 409 g/mol. The van der Waals surface area contributed by atoms with Crippen LogP contribution in [0.15, 0.2) is 48.5 Å². The molecule has 1 saturated heterocycles. The molecule has 6 nitrogen and oxygen atoms in total. The van der Waals surface area contributed by atoms with E-state index in [-0.39, 0.29) is 11.8 Å². The zero-order chi connectivity index (χ0) is 20.2. The van der Waals surface area contributed by atoms with Gasteiger partial charge in [0.2, 0.25) is 0 Å². The van der Waals surface area contributed by atoms with Crippen LogP contribution in [0.3, 0.4) is 0 Å². The molecule has 1 fully saturated rings. The van der Waals surface area contributed by atoms with Crippen molar-refractivity contribution in [3.05, 3.63) is 59.1 Å². The van der Waals surface area contributed by atoms with E-state index in [1.54, 1.807) is 42.5 Å². The molecule has 29 heavy (non-hydrogen) atoms. The van der Waals surface area contributed by atoms with Gasteiger partial charge in [-0.25, -0.2) is 9.78 Å². The van der Waals surface area contributed by atoms with Crippen LogP contribution in [0.2, 0.25) is 0 Å². The molecule has 1 aromatic heterocycles. The van der Waals surface area contributed by atoms with Gasteiger partial charge in [-0.3, -0.25) is 10.1 Å². The fourth-order valence-corrected chi connectivity index (χ4v) is 4.72. The van der Waals surface area contributed by atoms with Gasteiger partial charge < -0.3 is 9.64 Å². The molecule has 0 unspecified atom stereocenters. The van der Waals surface area contributed by atoms with Crippen molar-refractivity contribution >= 4 is 39.2 Å². The van der Waals surface area contributed by atoms with E-state index >= 15 is 0 Å². The number of amides is 2. The number of hydrogen-bond acceptors (Lipinski definition) is 5. The lowest BCUT2D eigenvalue weighted by Crippen LogP contribution is -2.39. The number of rotatable bonds is 4. The van der Waals surface area contributed by atoms with E-state index in [0.717, 1.165) is 29.9 Å². The molecule has 1 atom stereocenters. The van der Waals surface area contributed by atoms with Gasteiger partial charge in [-0.05, 0) is 50.1 Å². The lowest BCUT2D eigenvalue weighted by atomic mass is 9.98. The summed E-state index contributed by atoms with van der Waals surface area (Å²) in [7, 11) is 0. The summed E-state index contributed by atoms with van der Waals surface area (Å²) in [6.07, 6.45) is 1.47. The number of thiazole rings is 1. The number of fused-ring (bicyclic) bond motifs is 1. The minimum atomic E-state index is -0.522. The number of ether oxygens (including phenoxy) is 1. The molecule has 2 aromatic carbocycles. The van der Waals surface area contributed by atoms with Gasteiger partial charge in [0.1, 0.15) is 0 Å². The van der Waals surface area contributed by atoms with Crippen LogP contribution in [0.1, 0.15) is 41.0 Å². The summed E-state index contributed by atoms with van der Waals surface area (Å²) in [4.78, 5) is 31.4. The topological polar surface area (TPSA) is 71.5 Å². The number of para-hydroxylation sites is 1. The molecule has 1 aliphatic rings.